The highest BCUT2D eigenvalue weighted by Gasteiger charge is 2.20. The van der Waals surface area contributed by atoms with Gasteiger partial charge in [-0.2, -0.15) is 0 Å². The summed E-state index contributed by atoms with van der Waals surface area (Å²) < 4.78 is 13.0. The van der Waals surface area contributed by atoms with Crippen molar-refractivity contribution in [3.63, 3.8) is 0 Å². The van der Waals surface area contributed by atoms with Gasteiger partial charge in [0, 0.05) is 38.8 Å². The second kappa shape index (κ2) is 8.11. The van der Waals surface area contributed by atoms with Crippen LogP contribution in [0.25, 0.3) is 0 Å². The van der Waals surface area contributed by atoms with Crippen LogP contribution >= 0.6 is 0 Å². The number of hydrogen-bond donors (Lipinski definition) is 1. The van der Waals surface area contributed by atoms with Crippen LogP contribution in [0, 0.1) is 0 Å². The molecule has 0 bridgehead atoms. The minimum Gasteiger partial charge on any atom is -0.454 e. The number of carbonyl (C=O) groups is 1. The topological polar surface area (TPSA) is 94.4 Å². The van der Waals surface area contributed by atoms with Gasteiger partial charge in [-0.25, -0.2) is 0 Å². The minimum absolute atomic E-state index is 0.217. The third kappa shape index (κ3) is 3.84. The van der Waals surface area contributed by atoms with Gasteiger partial charge in [-0.05, 0) is 29.8 Å². The molecule has 1 aromatic carbocycles. The zero-order valence-corrected chi connectivity index (χ0v) is 16.5. The summed E-state index contributed by atoms with van der Waals surface area (Å²) in [6.07, 6.45) is 2.42. The molecule has 2 aromatic heterocycles. The van der Waals surface area contributed by atoms with Gasteiger partial charge in [0.25, 0.3) is 5.91 Å². The Balaban J connectivity index is 1.21. The summed E-state index contributed by atoms with van der Waals surface area (Å²) in [5, 5.41) is 11.5. The first-order valence-corrected chi connectivity index (χ1v) is 9.97. The summed E-state index contributed by atoms with van der Waals surface area (Å²) in [5.74, 6) is 3.11. The van der Waals surface area contributed by atoms with E-state index in [1.54, 1.807) is 24.4 Å². The molecule has 0 saturated carbocycles. The van der Waals surface area contributed by atoms with Crippen molar-refractivity contribution in [2.45, 2.75) is 26.1 Å². The molecule has 1 amide bonds. The van der Waals surface area contributed by atoms with E-state index in [9.17, 15) is 4.79 Å². The second-order valence-corrected chi connectivity index (χ2v) is 7.30. The van der Waals surface area contributed by atoms with E-state index in [-0.39, 0.29) is 12.7 Å². The van der Waals surface area contributed by atoms with Crippen molar-refractivity contribution >= 4 is 5.91 Å². The van der Waals surface area contributed by atoms with Gasteiger partial charge in [-0.3, -0.25) is 14.7 Å². The molecule has 0 aliphatic carbocycles. The van der Waals surface area contributed by atoms with E-state index in [0.717, 1.165) is 55.7 Å². The highest BCUT2D eigenvalue weighted by atomic mass is 16.7. The van der Waals surface area contributed by atoms with Crippen LogP contribution in [-0.2, 0) is 26.1 Å². The first-order valence-electron chi connectivity index (χ1n) is 9.97. The molecule has 2 aliphatic heterocycles. The lowest BCUT2D eigenvalue weighted by molar-refractivity contribution is 0.0944. The smallest absolute Gasteiger partial charge is 0.270 e. The van der Waals surface area contributed by atoms with Crippen molar-refractivity contribution in [2.75, 3.05) is 19.9 Å². The summed E-state index contributed by atoms with van der Waals surface area (Å²) in [4.78, 5) is 18.7. The number of nitrogens with zero attached hydrogens (tertiary/aromatic N) is 5. The van der Waals surface area contributed by atoms with E-state index >= 15 is 0 Å². The summed E-state index contributed by atoms with van der Waals surface area (Å²) in [7, 11) is 0. The van der Waals surface area contributed by atoms with Crippen molar-refractivity contribution in [2.24, 2.45) is 0 Å². The fourth-order valence-corrected chi connectivity index (χ4v) is 3.76. The fraction of sp³-hybridized carbons (Fsp3) is 0.333. The zero-order chi connectivity index (χ0) is 20.3. The molecule has 2 aliphatic rings. The molecular weight excluding hydrogens is 384 g/mol. The molecule has 0 spiro atoms. The number of fused-ring (bicyclic) bond motifs is 2. The fourth-order valence-electron chi connectivity index (χ4n) is 3.76. The molecule has 0 saturated heterocycles. The molecule has 154 valence electrons. The predicted molar refractivity (Wildman–Crippen MR) is 107 cm³/mol. The molecule has 9 nitrogen and oxygen atoms in total. The van der Waals surface area contributed by atoms with Gasteiger partial charge in [0.15, 0.2) is 17.3 Å². The van der Waals surface area contributed by atoms with Gasteiger partial charge in [-0.1, -0.05) is 12.1 Å². The SMILES string of the molecule is O=C(NCc1nnc2n1CCN(Cc1ccc3c(c1)OCO3)CC2)c1ccccn1. The molecule has 3 aromatic rings. The van der Waals surface area contributed by atoms with Gasteiger partial charge in [0.2, 0.25) is 6.79 Å². The van der Waals surface area contributed by atoms with E-state index in [4.69, 9.17) is 9.47 Å². The average Bonchev–Trinajstić information content (AvgIpc) is 3.35. The van der Waals surface area contributed by atoms with Gasteiger partial charge >= 0.3 is 0 Å². The molecule has 4 heterocycles. The van der Waals surface area contributed by atoms with Gasteiger partial charge < -0.3 is 19.4 Å². The summed E-state index contributed by atoms with van der Waals surface area (Å²) >= 11 is 0. The number of ether oxygens (including phenoxy) is 2. The maximum atomic E-state index is 12.3. The monoisotopic (exact) mass is 406 g/mol. The second-order valence-electron chi connectivity index (χ2n) is 7.30. The van der Waals surface area contributed by atoms with Crippen LogP contribution in [0.2, 0.25) is 0 Å². The van der Waals surface area contributed by atoms with Crippen LogP contribution in [0.1, 0.15) is 27.7 Å². The lowest BCUT2D eigenvalue weighted by Gasteiger charge is -2.19. The Hall–Kier alpha value is -3.46. The molecule has 9 heteroatoms. The zero-order valence-electron chi connectivity index (χ0n) is 16.5. The Morgan fingerprint density at radius 2 is 2.00 bits per heavy atom. The van der Waals surface area contributed by atoms with Crippen molar-refractivity contribution < 1.29 is 14.3 Å². The number of pyridine rings is 1. The van der Waals surface area contributed by atoms with Crippen LogP contribution < -0.4 is 14.8 Å². The van der Waals surface area contributed by atoms with Crippen LogP contribution in [0.3, 0.4) is 0 Å². The number of rotatable bonds is 5. The molecule has 0 atom stereocenters. The van der Waals surface area contributed by atoms with Crippen LogP contribution in [0.4, 0.5) is 0 Å². The summed E-state index contributed by atoms with van der Waals surface area (Å²) in [5.41, 5.74) is 1.59. The average molecular weight is 406 g/mol. The van der Waals surface area contributed by atoms with Crippen LogP contribution in [0.15, 0.2) is 42.6 Å². The van der Waals surface area contributed by atoms with Gasteiger partial charge in [-0.15, -0.1) is 10.2 Å². The standard InChI is InChI=1S/C21H22N6O3/c28-21(16-3-1-2-7-22-16)23-12-20-25-24-19-6-8-26(9-10-27(19)20)13-15-4-5-17-18(11-15)30-14-29-17/h1-5,7,11H,6,8-10,12-14H2,(H,23,28). The molecular formula is C21H22N6O3. The Kier molecular flexibility index (Phi) is 5.02. The van der Waals surface area contributed by atoms with Crippen molar-refractivity contribution in [3.8, 4) is 11.5 Å². The maximum absolute atomic E-state index is 12.3. The molecule has 30 heavy (non-hydrogen) atoms. The first-order chi connectivity index (χ1) is 14.8. The number of amides is 1. The van der Waals surface area contributed by atoms with Crippen molar-refractivity contribution in [1.82, 2.24) is 30.0 Å². The highest BCUT2D eigenvalue weighted by molar-refractivity contribution is 5.92. The van der Waals surface area contributed by atoms with E-state index in [2.05, 4.69) is 36.0 Å². The number of benzene rings is 1. The van der Waals surface area contributed by atoms with E-state index in [0.29, 0.717) is 12.2 Å². The Labute approximate surface area is 173 Å². The first kappa shape index (κ1) is 18.6. The van der Waals surface area contributed by atoms with Crippen LogP contribution in [-0.4, -0.2) is 50.4 Å². The number of nitrogens with one attached hydrogen (secondary N) is 1. The predicted octanol–water partition coefficient (Wildman–Crippen LogP) is 1.39. The summed E-state index contributed by atoms with van der Waals surface area (Å²) in [6, 6.07) is 11.4. The van der Waals surface area contributed by atoms with E-state index in [1.165, 1.54) is 5.56 Å². The van der Waals surface area contributed by atoms with E-state index in [1.807, 2.05) is 12.1 Å². The Morgan fingerprint density at radius 1 is 1.07 bits per heavy atom. The van der Waals surface area contributed by atoms with Crippen molar-refractivity contribution in [1.29, 1.82) is 0 Å². The number of carbonyl (C=O) groups excluding carboxylic acids is 1. The quantitative estimate of drug-likeness (QED) is 0.684. The Morgan fingerprint density at radius 3 is 2.90 bits per heavy atom. The molecule has 5 rings (SSSR count). The van der Waals surface area contributed by atoms with Crippen LogP contribution in [0.5, 0.6) is 11.5 Å². The molecule has 0 radical (unpaired) electrons. The normalized spacial score (nSPS) is 15.5. The lowest BCUT2D eigenvalue weighted by Crippen LogP contribution is -2.28. The van der Waals surface area contributed by atoms with E-state index < -0.39 is 0 Å². The highest BCUT2D eigenvalue weighted by Crippen LogP contribution is 2.32. The van der Waals surface area contributed by atoms with Crippen molar-refractivity contribution in [3.05, 3.63) is 65.5 Å². The third-order valence-corrected chi connectivity index (χ3v) is 5.34. The maximum Gasteiger partial charge on any atom is 0.270 e. The number of aromatic nitrogens is 4. The molecule has 0 unspecified atom stereocenters. The lowest BCUT2D eigenvalue weighted by atomic mass is 10.2. The largest absolute Gasteiger partial charge is 0.454 e. The van der Waals surface area contributed by atoms with Gasteiger partial charge in [0.1, 0.15) is 11.5 Å². The minimum atomic E-state index is -0.217. The number of hydrogen-bond acceptors (Lipinski definition) is 7. The molecule has 1 N–H and O–H groups in total. The Bertz CT molecular complexity index is 1050. The molecule has 0 fully saturated rings. The summed E-state index contributed by atoms with van der Waals surface area (Å²) in [6.45, 7) is 4.00. The third-order valence-electron chi connectivity index (χ3n) is 5.34. The van der Waals surface area contributed by atoms with Gasteiger partial charge in [0.05, 0.1) is 6.54 Å².